The summed E-state index contributed by atoms with van der Waals surface area (Å²) in [5.74, 6) is -0.832. The summed E-state index contributed by atoms with van der Waals surface area (Å²) in [5.41, 5.74) is 0. The average molecular weight is 302 g/mol. The van der Waals surface area contributed by atoms with Crippen LogP contribution in [-0.2, 0) is 14.4 Å². The number of rotatable bonds is 11. The van der Waals surface area contributed by atoms with Crippen molar-refractivity contribution in [2.24, 2.45) is 0 Å². The molecule has 0 aliphatic carbocycles. The molecule has 0 radical (unpaired) electrons. The summed E-state index contributed by atoms with van der Waals surface area (Å²) in [6.45, 7) is 4.04. The van der Waals surface area contributed by atoms with Gasteiger partial charge in [0, 0.05) is 32.4 Å². The number of carbonyl (C=O) groups is 3. The summed E-state index contributed by atoms with van der Waals surface area (Å²) in [6.07, 6.45) is -1.10. The zero-order valence-electron chi connectivity index (χ0n) is 12.7. The molecule has 0 saturated heterocycles. The first-order valence-corrected chi connectivity index (χ1v) is 7.34. The summed E-state index contributed by atoms with van der Waals surface area (Å²) in [7, 11) is 0. The maximum Gasteiger partial charge on any atom is 0.251 e. The van der Waals surface area contributed by atoms with Gasteiger partial charge in [0.25, 0.3) is 5.91 Å². The fourth-order valence-electron chi connectivity index (χ4n) is 1.63. The second-order valence-electron chi connectivity index (χ2n) is 4.83. The van der Waals surface area contributed by atoms with Crippen LogP contribution in [0.1, 0.15) is 46.0 Å². The van der Waals surface area contributed by atoms with Gasteiger partial charge in [-0.05, 0) is 12.8 Å². The molecule has 0 rings (SSSR count). The minimum Gasteiger partial charge on any atom is -0.390 e. The molecule has 0 aromatic rings. The van der Waals surface area contributed by atoms with E-state index < -0.39 is 18.1 Å². The van der Waals surface area contributed by atoms with Gasteiger partial charge in [-0.25, -0.2) is 0 Å². The van der Waals surface area contributed by atoms with Gasteiger partial charge in [-0.1, -0.05) is 13.8 Å². The van der Waals surface area contributed by atoms with Crippen LogP contribution in [0.3, 0.4) is 0 Å². The Morgan fingerprint density at radius 3 is 2.19 bits per heavy atom. The van der Waals surface area contributed by atoms with Crippen LogP contribution in [0.25, 0.3) is 0 Å². The molecule has 0 bridgehead atoms. The number of hydrogen-bond acceptors (Lipinski definition) is 5. The minimum atomic E-state index is -1.57. The van der Waals surface area contributed by atoms with Crippen LogP contribution in [-0.4, -0.2) is 53.1 Å². The van der Waals surface area contributed by atoms with Crippen LogP contribution >= 0.6 is 0 Å². The molecule has 0 fully saturated rings. The lowest BCUT2D eigenvalue weighted by atomic mass is 10.0. The van der Waals surface area contributed by atoms with Crippen LogP contribution in [0.5, 0.6) is 0 Å². The zero-order valence-corrected chi connectivity index (χ0v) is 12.7. The summed E-state index contributed by atoms with van der Waals surface area (Å²) >= 11 is 0. The molecule has 4 N–H and O–H groups in total. The fourth-order valence-corrected chi connectivity index (χ4v) is 1.63. The molecule has 2 amide bonds. The van der Waals surface area contributed by atoms with E-state index in [2.05, 4.69) is 10.6 Å². The normalized spacial score (nSPS) is 13.3. The molecular formula is C14H26N2O5. The Hall–Kier alpha value is -1.47. The number of hydrogen-bond donors (Lipinski definition) is 4. The molecule has 0 spiro atoms. The smallest absolute Gasteiger partial charge is 0.251 e. The molecule has 7 nitrogen and oxygen atoms in total. The highest BCUT2D eigenvalue weighted by Crippen LogP contribution is 2.05. The maximum absolute atomic E-state index is 11.6. The molecule has 0 saturated carbocycles. The summed E-state index contributed by atoms with van der Waals surface area (Å²) in [4.78, 5) is 33.8. The average Bonchev–Trinajstić information content (AvgIpc) is 2.47. The Morgan fingerprint density at radius 1 is 1.00 bits per heavy atom. The molecule has 2 unspecified atom stereocenters. The van der Waals surface area contributed by atoms with E-state index in [9.17, 15) is 24.6 Å². The van der Waals surface area contributed by atoms with Gasteiger partial charge >= 0.3 is 0 Å². The Morgan fingerprint density at radius 2 is 1.62 bits per heavy atom. The van der Waals surface area contributed by atoms with E-state index in [4.69, 9.17) is 0 Å². The van der Waals surface area contributed by atoms with E-state index in [1.807, 2.05) is 6.92 Å². The van der Waals surface area contributed by atoms with Crippen molar-refractivity contribution in [3.63, 3.8) is 0 Å². The lowest BCUT2D eigenvalue weighted by Gasteiger charge is -2.17. The zero-order chi connectivity index (χ0) is 16.3. The Bertz CT molecular complexity index is 346. The van der Waals surface area contributed by atoms with E-state index >= 15 is 0 Å². The number of ketones is 1. The largest absolute Gasteiger partial charge is 0.390 e. The third-order valence-corrected chi connectivity index (χ3v) is 2.97. The van der Waals surface area contributed by atoms with Crippen molar-refractivity contribution in [2.45, 2.75) is 58.2 Å². The third-order valence-electron chi connectivity index (χ3n) is 2.97. The molecule has 0 heterocycles. The highest BCUT2D eigenvalue weighted by atomic mass is 16.3. The molecule has 0 aromatic heterocycles. The number of amides is 2. The SMILES string of the molecule is CCCC(=O)NCCNC(=O)C(O)C(O)CCC(=O)CC. The monoisotopic (exact) mass is 302 g/mol. The summed E-state index contributed by atoms with van der Waals surface area (Å²) < 4.78 is 0. The van der Waals surface area contributed by atoms with Crippen molar-refractivity contribution in [1.29, 1.82) is 0 Å². The lowest BCUT2D eigenvalue weighted by molar-refractivity contribution is -0.136. The standard InChI is InChI=1S/C14H26N2O5/c1-3-5-12(19)15-8-9-16-14(21)13(20)11(18)7-6-10(17)4-2/h11,13,18,20H,3-9H2,1-2H3,(H,15,19)(H,16,21). The second-order valence-corrected chi connectivity index (χ2v) is 4.83. The molecule has 21 heavy (non-hydrogen) atoms. The van der Waals surface area contributed by atoms with Crippen LogP contribution in [0.2, 0.25) is 0 Å². The predicted molar refractivity (Wildman–Crippen MR) is 77.5 cm³/mol. The van der Waals surface area contributed by atoms with Crippen LogP contribution < -0.4 is 10.6 Å². The molecular weight excluding hydrogens is 276 g/mol. The first-order valence-electron chi connectivity index (χ1n) is 7.34. The minimum absolute atomic E-state index is 0.0275. The number of nitrogens with one attached hydrogen (secondary N) is 2. The molecule has 0 aromatic carbocycles. The first-order chi connectivity index (χ1) is 9.92. The molecule has 122 valence electrons. The van der Waals surface area contributed by atoms with Gasteiger partial charge in [-0.15, -0.1) is 0 Å². The van der Waals surface area contributed by atoms with Gasteiger partial charge in [-0.3, -0.25) is 14.4 Å². The van der Waals surface area contributed by atoms with Crippen molar-refractivity contribution in [3.8, 4) is 0 Å². The Balaban J connectivity index is 3.88. The van der Waals surface area contributed by atoms with E-state index in [1.54, 1.807) is 6.92 Å². The summed E-state index contributed by atoms with van der Waals surface area (Å²) in [6, 6.07) is 0. The van der Waals surface area contributed by atoms with Crippen LogP contribution in [0, 0.1) is 0 Å². The molecule has 2 atom stereocenters. The maximum atomic E-state index is 11.6. The van der Waals surface area contributed by atoms with Gasteiger partial charge < -0.3 is 20.8 Å². The fraction of sp³-hybridized carbons (Fsp3) is 0.786. The summed E-state index contributed by atoms with van der Waals surface area (Å²) in [5, 5.41) is 24.2. The predicted octanol–water partition coefficient (Wildman–Crippen LogP) is -0.500. The van der Waals surface area contributed by atoms with E-state index in [-0.39, 0.29) is 37.6 Å². The lowest BCUT2D eigenvalue weighted by Crippen LogP contribution is -2.44. The van der Waals surface area contributed by atoms with E-state index in [1.165, 1.54) is 0 Å². The first kappa shape index (κ1) is 19.5. The molecule has 0 aliphatic rings. The Kier molecular flexibility index (Phi) is 10.4. The van der Waals surface area contributed by atoms with E-state index in [0.717, 1.165) is 6.42 Å². The van der Waals surface area contributed by atoms with Gasteiger partial charge in [0.2, 0.25) is 5.91 Å². The topological polar surface area (TPSA) is 116 Å². The number of carbonyl (C=O) groups excluding carboxylic acids is 3. The molecule has 7 heteroatoms. The van der Waals surface area contributed by atoms with Crippen LogP contribution in [0.15, 0.2) is 0 Å². The number of Topliss-reactive ketones (excluding diaryl/α,β-unsaturated/α-hetero) is 1. The highest BCUT2D eigenvalue weighted by Gasteiger charge is 2.24. The van der Waals surface area contributed by atoms with Crippen molar-refractivity contribution < 1.29 is 24.6 Å². The van der Waals surface area contributed by atoms with Gasteiger partial charge in [0.15, 0.2) is 6.10 Å². The quantitative estimate of drug-likeness (QED) is 0.384. The molecule has 0 aliphatic heterocycles. The van der Waals surface area contributed by atoms with Gasteiger partial charge in [0.05, 0.1) is 6.10 Å². The van der Waals surface area contributed by atoms with Crippen molar-refractivity contribution >= 4 is 17.6 Å². The second kappa shape index (κ2) is 11.2. The van der Waals surface area contributed by atoms with Gasteiger partial charge in [0.1, 0.15) is 5.78 Å². The van der Waals surface area contributed by atoms with E-state index in [0.29, 0.717) is 12.8 Å². The van der Waals surface area contributed by atoms with Crippen LogP contribution in [0.4, 0.5) is 0 Å². The van der Waals surface area contributed by atoms with Crippen molar-refractivity contribution in [1.82, 2.24) is 10.6 Å². The number of aliphatic hydroxyl groups excluding tert-OH is 2. The Labute approximate surface area is 125 Å². The third kappa shape index (κ3) is 9.14. The van der Waals surface area contributed by atoms with Crippen molar-refractivity contribution in [3.05, 3.63) is 0 Å². The van der Waals surface area contributed by atoms with Crippen molar-refractivity contribution in [2.75, 3.05) is 13.1 Å². The highest BCUT2D eigenvalue weighted by molar-refractivity contribution is 5.81. The number of aliphatic hydroxyl groups is 2. The van der Waals surface area contributed by atoms with Gasteiger partial charge in [-0.2, -0.15) is 0 Å².